The van der Waals surface area contributed by atoms with Gasteiger partial charge in [0, 0.05) is 23.7 Å². The lowest BCUT2D eigenvalue weighted by Crippen LogP contribution is -2.32. The number of benzene rings is 3. The fourth-order valence-electron chi connectivity index (χ4n) is 4.13. The maximum Gasteiger partial charge on any atom is 0.295 e. The molecule has 1 N–H and O–H groups in total. The van der Waals surface area contributed by atoms with Gasteiger partial charge >= 0.3 is 0 Å². The van der Waals surface area contributed by atoms with Gasteiger partial charge in [-0.3, -0.25) is 9.59 Å². The molecule has 0 radical (unpaired) electrons. The van der Waals surface area contributed by atoms with Crippen LogP contribution in [0, 0.1) is 6.92 Å². The number of methoxy groups -OCH3 is 1. The number of aryl methyl sites for hydroxylation is 1. The van der Waals surface area contributed by atoms with Gasteiger partial charge in [0.15, 0.2) is 0 Å². The number of amides is 1. The van der Waals surface area contributed by atoms with Gasteiger partial charge in [-0.1, -0.05) is 57.9 Å². The Morgan fingerprint density at radius 3 is 2.40 bits per heavy atom. The van der Waals surface area contributed by atoms with Crippen molar-refractivity contribution < 1.29 is 24.2 Å². The smallest absolute Gasteiger partial charge is 0.295 e. The average molecular weight is 536 g/mol. The molecule has 1 aliphatic rings. The summed E-state index contributed by atoms with van der Waals surface area (Å²) in [5.74, 6) is -0.963. The van der Waals surface area contributed by atoms with Gasteiger partial charge in [0.1, 0.15) is 18.1 Å². The summed E-state index contributed by atoms with van der Waals surface area (Å²) in [6.07, 6.45) is 0. The topological polar surface area (TPSA) is 76.1 Å². The van der Waals surface area contributed by atoms with Crippen LogP contribution >= 0.6 is 15.9 Å². The van der Waals surface area contributed by atoms with Gasteiger partial charge in [-0.15, -0.1) is 0 Å². The molecule has 1 heterocycles. The minimum absolute atomic E-state index is 0.0573. The molecule has 1 saturated heterocycles. The van der Waals surface area contributed by atoms with E-state index in [9.17, 15) is 14.7 Å². The summed E-state index contributed by atoms with van der Waals surface area (Å²) in [7, 11) is 1.54. The molecule has 180 valence electrons. The highest BCUT2D eigenvalue weighted by molar-refractivity contribution is 9.10. The lowest BCUT2D eigenvalue weighted by Gasteiger charge is -2.25. The third-order valence-corrected chi connectivity index (χ3v) is 6.41. The van der Waals surface area contributed by atoms with E-state index in [-0.39, 0.29) is 24.5 Å². The molecule has 1 atom stereocenters. The molecule has 0 aliphatic carbocycles. The minimum Gasteiger partial charge on any atom is -0.507 e. The largest absolute Gasteiger partial charge is 0.507 e. The molecule has 3 aromatic carbocycles. The van der Waals surface area contributed by atoms with E-state index in [0.29, 0.717) is 17.9 Å². The summed E-state index contributed by atoms with van der Waals surface area (Å²) in [6, 6.07) is 21.5. The Hall–Kier alpha value is -3.42. The van der Waals surface area contributed by atoms with Crippen LogP contribution in [0.1, 0.15) is 28.3 Å². The second-order valence-electron chi connectivity index (χ2n) is 8.34. The molecule has 1 fully saturated rings. The number of hydrogen-bond donors (Lipinski definition) is 1. The number of nitrogens with zero attached hydrogens (tertiary/aromatic N) is 1. The minimum atomic E-state index is -0.716. The summed E-state index contributed by atoms with van der Waals surface area (Å²) in [5, 5.41) is 11.2. The van der Waals surface area contributed by atoms with Crippen LogP contribution in [0.25, 0.3) is 5.76 Å². The standard InChI is InChI=1S/C28H26BrNO5/c1-18-4-3-5-19(16-18)17-35-23-12-8-21(9-13-23)26(31)24-25(20-6-10-22(29)11-7-20)30(14-15-34-2)28(33)27(24)32/h3-13,16,25,31H,14-15,17H2,1-2H3/b26-24+. The summed E-state index contributed by atoms with van der Waals surface area (Å²) >= 11 is 3.41. The Morgan fingerprint density at radius 1 is 1.03 bits per heavy atom. The second-order valence-corrected chi connectivity index (χ2v) is 9.25. The Kier molecular flexibility index (Phi) is 7.68. The zero-order valence-electron chi connectivity index (χ0n) is 19.5. The lowest BCUT2D eigenvalue weighted by atomic mass is 9.95. The summed E-state index contributed by atoms with van der Waals surface area (Å²) in [4.78, 5) is 27.3. The lowest BCUT2D eigenvalue weighted by molar-refractivity contribution is -0.140. The number of halogens is 1. The van der Waals surface area contributed by atoms with Crippen LogP contribution in [0.15, 0.2) is 82.8 Å². The van der Waals surface area contributed by atoms with E-state index in [0.717, 1.165) is 21.2 Å². The molecule has 1 aliphatic heterocycles. The van der Waals surface area contributed by atoms with E-state index in [2.05, 4.69) is 22.0 Å². The summed E-state index contributed by atoms with van der Waals surface area (Å²) in [6.45, 7) is 2.94. The Bertz CT molecular complexity index is 1250. The zero-order chi connectivity index (χ0) is 24.9. The first kappa shape index (κ1) is 24.7. The highest BCUT2D eigenvalue weighted by Gasteiger charge is 2.45. The molecule has 35 heavy (non-hydrogen) atoms. The monoisotopic (exact) mass is 535 g/mol. The number of carbonyl (C=O) groups excluding carboxylic acids is 2. The van der Waals surface area contributed by atoms with Gasteiger partial charge in [-0.25, -0.2) is 0 Å². The van der Waals surface area contributed by atoms with Crippen LogP contribution in [-0.2, 0) is 20.9 Å². The molecule has 0 bridgehead atoms. The van der Waals surface area contributed by atoms with E-state index in [4.69, 9.17) is 9.47 Å². The molecular formula is C28H26BrNO5. The van der Waals surface area contributed by atoms with Crippen molar-refractivity contribution in [2.24, 2.45) is 0 Å². The van der Waals surface area contributed by atoms with E-state index in [1.165, 1.54) is 12.0 Å². The number of hydrogen-bond acceptors (Lipinski definition) is 5. The number of carbonyl (C=O) groups is 2. The second kappa shape index (κ2) is 10.9. The van der Waals surface area contributed by atoms with Crippen LogP contribution in [0.4, 0.5) is 0 Å². The predicted molar refractivity (Wildman–Crippen MR) is 137 cm³/mol. The first-order chi connectivity index (χ1) is 16.9. The van der Waals surface area contributed by atoms with Crippen LogP contribution in [0.3, 0.4) is 0 Å². The molecule has 0 spiro atoms. The average Bonchev–Trinajstić information content (AvgIpc) is 3.11. The number of rotatable bonds is 8. The molecular weight excluding hydrogens is 510 g/mol. The molecule has 0 aromatic heterocycles. The summed E-state index contributed by atoms with van der Waals surface area (Å²) in [5.41, 5.74) is 3.43. The number of likely N-dealkylation sites (tertiary alicyclic amines) is 1. The molecule has 6 nitrogen and oxygen atoms in total. The summed E-state index contributed by atoms with van der Waals surface area (Å²) < 4.78 is 11.9. The van der Waals surface area contributed by atoms with Crippen LogP contribution in [0.2, 0.25) is 0 Å². The van der Waals surface area contributed by atoms with Gasteiger partial charge in [-0.05, 0) is 54.4 Å². The molecule has 3 aromatic rings. The molecule has 1 amide bonds. The van der Waals surface area contributed by atoms with Crippen molar-refractivity contribution >= 4 is 33.4 Å². The van der Waals surface area contributed by atoms with E-state index in [1.807, 2.05) is 49.4 Å². The zero-order valence-corrected chi connectivity index (χ0v) is 21.1. The molecule has 0 saturated carbocycles. The van der Waals surface area contributed by atoms with Crippen LogP contribution in [0.5, 0.6) is 5.75 Å². The number of Topliss-reactive ketones (excluding diaryl/α,β-unsaturated/α-hetero) is 1. The fraction of sp³-hybridized carbons (Fsp3) is 0.214. The number of ether oxygens (including phenoxy) is 2. The highest BCUT2D eigenvalue weighted by atomic mass is 79.9. The van der Waals surface area contributed by atoms with E-state index in [1.54, 1.807) is 24.3 Å². The molecule has 4 rings (SSSR count). The van der Waals surface area contributed by atoms with Gasteiger partial charge < -0.3 is 19.5 Å². The van der Waals surface area contributed by atoms with Crippen molar-refractivity contribution in [2.45, 2.75) is 19.6 Å². The predicted octanol–water partition coefficient (Wildman–Crippen LogP) is 5.40. The number of ketones is 1. The highest BCUT2D eigenvalue weighted by Crippen LogP contribution is 2.39. The van der Waals surface area contributed by atoms with Gasteiger partial charge in [-0.2, -0.15) is 0 Å². The van der Waals surface area contributed by atoms with Crippen molar-refractivity contribution in [1.82, 2.24) is 4.90 Å². The third-order valence-electron chi connectivity index (χ3n) is 5.88. The van der Waals surface area contributed by atoms with Crippen molar-refractivity contribution in [2.75, 3.05) is 20.3 Å². The molecule has 1 unspecified atom stereocenters. The quantitative estimate of drug-likeness (QED) is 0.237. The van der Waals surface area contributed by atoms with E-state index < -0.39 is 17.7 Å². The Balaban J connectivity index is 1.63. The molecule has 7 heteroatoms. The maximum atomic E-state index is 13.0. The number of aliphatic hydroxyl groups excluding tert-OH is 1. The van der Waals surface area contributed by atoms with Crippen molar-refractivity contribution in [1.29, 1.82) is 0 Å². The van der Waals surface area contributed by atoms with Gasteiger partial charge in [0.05, 0.1) is 18.2 Å². The Morgan fingerprint density at radius 2 is 1.74 bits per heavy atom. The van der Waals surface area contributed by atoms with Crippen molar-refractivity contribution in [3.63, 3.8) is 0 Å². The van der Waals surface area contributed by atoms with Crippen molar-refractivity contribution in [3.8, 4) is 5.75 Å². The normalized spacial score (nSPS) is 17.1. The van der Waals surface area contributed by atoms with Gasteiger partial charge in [0.2, 0.25) is 0 Å². The SMILES string of the molecule is COCCN1C(=O)C(=O)/C(=C(/O)c2ccc(OCc3cccc(C)c3)cc2)C1c1ccc(Br)cc1. The van der Waals surface area contributed by atoms with Gasteiger partial charge in [0.25, 0.3) is 11.7 Å². The number of aliphatic hydroxyl groups is 1. The van der Waals surface area contributed by atoms with E-state index >= 15 is 0 Å². The Labute approximate surface area is 212 Å². The van der Waals surface area contributed by atoms with Crippen molar-refractivity contribution in [3.05, 3.63) is 105 Å². The third kappa shape index (κ3) is 5.47. The fourth-order valence-corrected chi connectivity index (χ4v) is 4.39. The van der Waals surface area contributed by atoms with Crippen LogP contribution in [-0.4, -0.2) is 42.0 Å². The maximum absolute atomic E-state index is 13.0. The first-order valence-corrected chi connectivity index (χ1v) is 12.0. The van der Waals surface area contributed by atoms with Crippen LogP contribution < -0.4 is 4.74 Å². The first-order valence-electron chi connectivity index (χ1n) is 11.2.